The summed E-state index contributed by atoms with van der Waals surface area (Å²) >= 11 is 1.61. The summed E-state index contributed by atoms with van der Waals surface area (Å²) in [4.78, 5) is 33.9. The number of benzene rings is 1. The molecule has 1 aromatic carbocycles. The van der Waals surface area contributed by atoms with Gasteiger partial charge in [-0.3, -0.25) is 9.59 Å². The van der Waals surface area contributed by atoms with Gasteiger partial charge in [0.25, 0.3) is 0 Å². The number of nitrogens with zero attached hydrogens (tertiary/aromatic N) is 3. The van der Waals surface area contributed by atoms with Crippen LogP contribution in [0.1, 0.15) is 49.0 Å². The molecule has 33 heavy (non-hydrogen) atoms. The van der Waals surface area contributed by atoms with Gasteiger partial charge in [-0.15, -0.1) is 11.3 Å². The van der Waals surface area contributed by atoms with Crippen LogP contribution in [0.2, 0.25) is 0 Å². The molecule has 2 aliphatic rings. The van der Waals surface area contributed by atoms with Gasteiger partial charge in [0, 0.05) is 30.4 Å². The fourth-order valence-electron chi connectivity index (χ4n) is 4.86. The highest BCUT2D eigenvalue weighted by Crippen LogP contribution is 2.27. The lowest BCUT2D eigenvalue weighted by atomic mass is 10.1. The van der Waals surface area contributed by atoms with E-state index in [-0.39, 0.29) is 30.1 Å². The fraction of sp³-hybridized carbons (Fsp3) is 0.538. The number of carbonyl (C=O) groups excluding carboxylic acids is 2. The van der Waals surface area contributed by atoms with Gasteiger partial charge in [0.15, 0.2) is 0 Å². The van der Waals surface area contributed by atoms with Crippen LogP contribution in [0.15, 0.2) is 41.8 Å². The maximum Gasteiger partial charge on any atom is 0.242 e. The van der Waals surface area contributed by atoms with Crippen molar-refractivity contribution in [3.05, 3.63) is 58.0 Å². The minimum atomic E-state index is -0.287. The van der Waals surface area contributed by atoms with Crippen LogP contribution < -0.4 is 0 Å². The van der Waals surface area contributed by atoms with Crippen LogP contribution >= 0.6 is 11.3 Å². The number of hydrogen-bond acceptors (Lipinski definition) is 4. The summed E-state index contributed by atoms with van der Waals surface area (Å²) in [5.74, 6) is -0.150. The van der Waals surface area contributed by atoms with Gasteiger partial charge in [0.05, 0.1) is 13.1 Å². The second-order valence-electron chi connectivity index (χ2n) is 9.25. The van der Waals surface area contributed by atoms with E-state index in [1.165, 1.54) is 25.0 Å². The average Bonchev–Trinajstić information content (AvgIpc) is 3.61. The highest BCUT2D eigenvalue weighted by molar-refractivity contribution is 7.09. The summed E-state index contributed by atoms with van der Waals surface area (Å²) in [5, 5.41) is 2.00. The monoisotopic (exact) mass is 471 g/mol. The number of rotatable bonds is 10. The largest absolute Gasteiger partial charge is 0.332 e. The number of hydrogen-bond donors (Lipinski definition) is 0. The van der Waals surface area contributed by atoms with E-state index in [4.69, 9.17) is 0 Å². The Bertz CT molecular complexity index is 891. The molecule has 7 heteroatoms. The van der Waals surface area contributed by atoms with Crippen molar-refractivity contribution in [1.82, 2.24) is 14.7 Å². The SMILES string of the molecule is O=C(CN(CCN1CCCC1)C(=O)C1CCCC1)N(Cc1ccc(F)cc1)Cc1cccs1. The molecule has 1 saturated heterocycles. The molecule has 0 unspecified atom stereocenters. The molecule has 0 spiro atoms. The highest BCUT2D eigenvalue weighted by atomic mass is 32.1. The van der Waals surface area contributed by atoms with Crippen LogP contribution in [-0.4, -0.2) is 59.2 Å². The van der Waals surface area contributed by atoms with Crippen molar-refractivity contribution in [2.24, 2.45) is 5.92 Å². The van der Waals surface area contributed by atoms with E-state index in [2.05, 4.69) is 4.90 Å². The predicted octanol–water partition coefficient (Wildman–Crippen LogP) is 4.53. The van der Waals surface area contributed by atoms with Gasteiger partial charge < -0.3 is 14.7 Å². The smallest absolute Gasteiger partial charge is 0.242 e. The normalized spacial score (nSPS) is 16.9. The second-order valence-corrected chi connectivity index (χ2v) is 10.3. The molecule has 2 aromatic rings. The van der Waals surface area contributed by atoms with E-state index in [1.807, 2.05) is 22.4 Å². The Morgan fingerprint density at radius 1 is 0.970 bits per heavy atom. The number of amides is 2. The number of thiophene rings is 1. The molecule has 1 aliphatic carbocycles. The summed E-state index contributed by atoms with van der Waals surface area (Å²) in [7, 11) is 0. The lowest BCUT2D eigenvalue weighted by Crippen LogP contribution is -2.46. The van der Waals surface area contributed by atoms with E-state index in [0.717, 1.165) is 55.8 Å². The Kier molecular flexibility index (Phi) is 8.51. The van der Waals surface area contributed by atoms with Gasteiger partial charge >= 0.3 is 0 Å². The van der Waals surface area contributed by atoms with Gasteiger partial charge in [-0.2, -0.15) is 0 Å². The molecule has 0 N–H and O–H groups in total. The Labute approximate surface area is 200 Å². The Balaban J connectivity index is 1.46. The molecule has 2 fully saturated rings. The van der Waals surface area contributed by atoms with Crippen LogP contribution in [-0.2, 0) is 22.7 Å². The van der Waals surface area contributed by atoms with E-state index >= 15 is 0 Å². The zero-order valence-electron chi connectivity index (χ0n) is 19.3. The van der Waals surface area contributed by atoms with E-state index in [1.54, 1.807) is 28.4 Å². The van der Waals surface area contributed by atoms with Crippen molar-refractivity contribution in [3.8, 4) is 0 Å². The Hall–Kier alpha value is -2.25. The van der Waals surface area contributed by atoms with Crippen LogP contribution in [0.5, 0.6) is 0 Å². The summed E-state index contributed by atoms with van der Waals surface area (Å²) in [6.45, 7) is 4.58. The quantitative estimate of drug-likeness (QED) is 0.511. The molecule has 0 atom stereocenters. The van der Waals surface area contributed by atoms with E-state index in [0.29, 0.717) is 19.6 Å². The molecule has 4 rings (SSSR count). The Morgan fingerprint density at radius 3 is 2.36 bits per heavy atom. The number of halogens is 1. The van der Waals surface area contributed by atoms with Gasteiger partial charge in [-0.1, -0.05) is 31.0 Å². The highest BCUT2D eigenvalue weighted by Gasteiger charge is 2.30. The fourth-order valence-corrected chi connectivity index (χ4v) is 5.58. The number of carbonyl (C=O) groups is 2. The third kappa shape index (κ3) is 6.87. The first kappa shape index (κ1) is 23.9. The molecular formula is C26H34FN3O2S. The summed E-state index contributed by atoms with van der Waals surface area (Å²) in [5.41, 5.74) is 0.882. The van der Waals surface area contributed by atoms with Crippen LogP contribution in [0.4, 0.5) is 4.39 Å². The predicted molar refractivity (Wildman–Crippen MR) is 129 cm³/mol. The minimum absolute atomic E-state index is 0.0548. The maximum absolute atomic E-state index is 13.5. The van der Waals surface area contributed by atoms with Gasteiger partial charge in [0.2, 0.25) is 11.8 Å². The molecule has 2 heterocycles. The first-order valence-corrected chi connectivity index (χ1v) is 13.0. The first-order valence-electron chi connectivity index (χ1n) is 12.1. The van der Waals surface area contributed by atoms with Crippen molar-refractivity contribution in [3.63, 3.8) is 0 Å². The lowest BCUT2D eigenvalue weighted by Gasteiger charge is -2.30. The van der Waals surface area contributed by atoms with Crippen molar-refractivity contribution >= 4 is 23.2 Å². The van der Waals surface area contributed by atoms with Crippen molar-refractivity contribution < 1.29 is 14.0 Å². The van der Waals surface area contributed by atoms with Gasteiger partial charge in [-0.25, -0.2) is 4.39 Å². The number of likely N-dealkylation sites (tertiary alicyclic amines) is 1. The zero-order valence-corrected chi connectivity index (χ0v) is 20.1. The average molecular weight is 472 g/mol. The molecule has 0 bridgehead atoms. The van der Waals surface area contributed by atoms with Gasteiger partial charge in [-0.05, 0) is 67.9 Å². The molecule has 1 aromatic heterocycles. The summed E-state index contributed by atoms with van der Waals surface area (Å²) in [6.07, 6.45) is 6.48. The van der Waals surface area contributed by atoms with E-state index < -0.39 is 0 Å². The van der Waals surface area contributed by atoms with E-state index in [9.17, 15) is 14.0 Å². The lowest BCUT2D eigenvalue weighted by molar-refractivity contribution is -0.143. The molecule has 1 saturated carbocycles. The summed E-state index contributed by atoms with van der Waals surface area (Å²) < 4.78 is 13.4. The molecule has 5 nitrogen and oxygen atoms in total. The summed E-state index contributed by atoms with van der Waals surface area (Å²) in [6, 6.07) is 10.3. The standard InChI is InChI=1S/C26H34FN3O2S/c27-23-11-9-21(10-12-23)18-30(19-24-8-5-17-33-24)25(31)20-29(16-15-28-13-3-4-14-28)26(32)22-6-1-2-7-22/h5,8-12,17,22H,1-4,6-7,13-16,18-20H2. The maximum atomic E-state index is 13.5. The minimum Gasteiger partial charge on any atom is -0.332 e. The van der Waals surface area contributed by atoms with Crippen molar-refractivity contribution in [2.45, 2.75) is 51.6 Å². The van der Waals surface area contributed by atoms with Crippen LogP contribution in [0, 0.1) is 11.7 Å². The molecule has 178 valence electrons. The van der Waals surface area contributed by atoms with Gasteiger partial charge in [0.1, 0.15) is 5.82 Å². The molecule has 1 aliphatic heterocycles. The third-order valence-electron chi connectivity index (χ3n) is 6.79. The third-order valence-corrected chi connectivity index (χ3v) is 7.65. The molecule has 2 amide bonds. The first-order chi connectivity index (χ1) is 16.1. The zero-order chi connectivity index (χ0) is 23.0. The van der Waals surface area contributed by atoms with Crippen molar-refractivity contribution in [1.29, 1.82) is 0 Å². The van der Waals surface area contributed by atoms with Crippen LogP contribution in [0.3, 0.4) is 0 Å². The Morgan fingerprint density at radius 2 is 1.70 bits per heavy atom. The van der Waals surface area contributed by atoms with Crippen LogP contribution in [0.25, 0.3) is 0 Å². The topological polar surface area (TPSA) is 43.9 Å². The molecule has 0 radical (unpaired) electrons. The second kappa shape index (κ2) is 11.7. The van der Waals surface area contributed by atoms with Crippen molar-refractivity contribution in [2.75, 3.05) is 32.7 Å². The molecular weight excluding hydrogens is 437 g/mol.